The first kappa shape index (κ1) is 12.6. The maximum Gasteiger partial charge on any atom is 0.330 e. The van der Waals surface area contributed by atoms with Crippen LogP contribution in [0.1, 0.15) is 11.8 Å². The van der Waals surface area contributed by atoms with Gasteiger partial charge < -0.3 is 10.1 Å². The average molecular weight is 277 g/mol. The number of aromatic amines is 1. The van der Waals surface area contributed by atoms with Crippen molar-refractivity contribution >= 4 is 5.69 Å². The van der Waals surface area contributed by atoms with E-state index < -0.39 is 23.3 Å². The van der Waals surface area contributed by atoms with Crippen molar-refractivity contribution in [2.24, 2.45) is 0 Å². The summed E-state index contributed by atoms with van der Waals surface area (Å²) in [6.07, 6.45) is 0.171. The molecule has 1 aliphatic rings. The molecule has 1 atom stereocenters. The highest BCUT2D eigenvalue weighted by atomic mass is 19.1. The molecule has 1 unspecified atom stereocenters. The molecule has 6 nitrogen and oxygen atoms in total. The lowest BCUT2D eigenvalue weighted by Crippen LogP contribution is -2.36. The van der Waals surface area contributed by atoms with E-state index in [9.17, 15) is 14.0 Å². The minimum Gasteiger partial charge on any atom is -0.380 e. The molecule has 0 saturated heterocycles. The van der Waals surface area contributed by atoms with Crippen LogP contribution in [-0.2, 0) is 11.3 Å². The number of ether oxygens (including phenoxy) is 1. The molecule has 0 bridgehead atoms. The fraction of sp³-hybridized carbons (Fsp3) is 0.231. The van der Waals surface area contributed by atoms with Crippen molar-refractivity contribution in [2.75, 3.05) is 11.9 Å². The molecule has 0 saturated carbocycles. The molecule has 2 heterocycles. The van der Waals surface area contributed by atoms with E-state index in [1.54, 1.807) is 0 Å². The predicted molar refractivity (Wildman–Crippen MR) is 70.0 cm³/mol. The van der Waals surface area contributed by atoms with Gasteiger partial charge in [-0.05, 0) is 6.07 Å². The van der Waals surface area contributed by atoms with Crippen molar-refractivity contribution in [3.63, 3.8) is 0 Å². The Bertz CT molecular complexity index is 726. The van der Waals surface area contributed by atoms with Crippen molar-refractivity contribution in [1.29, 1.82) is 0 Å². The zero-order valence-corrected chi connectivity index (χ0v) is 10.4. The maximum absolute atomic E-state index is 13.3. The fourth-order valence-electron chi connectivity index (χ4n) is 2.11. The number of nitrogens with zero attached hydrogens (tertiary/aromatic N) is 1. The number of para-hydroxylation sites is 1. The van der Waals surface area contributed by atoms with E-state index in [1.165, 1.54) is 0 Å². The van der Waals surface area contributed by atoms with Gasteiger partial charge in [-0.25, -0.2) is 4.79 Å². The van der Waals surface area contributed by atoms with E-state index in [0.29, 0.717) is 13.2 Å². The summed E-state index contributed by atoms with van der Waals surface area (Å²) >= 11 is 0. The van der Waals surface area contributed by atoms with E-state index in [4.69, 9.17) is 4.74 Å². The van der Waals surface area contributed by atoms with E-state index in [-0.39, 0.29) is 0 Å². The summed E-state index contributed by atoms with van der Waals surface area (Å²) in [6.45, 7) is 0.587. The Morgan fingerprint density at radius 2 is 2.10 bits per heavy atom. The van der Waals surface area contributed by atoms with E-state index >= 15 is 0 Å². The summed E-state index contributed by atoms with van der Waals surface area (Å²) < 4.78 is 19.9. The van der Waals surface area contributed by atoms with Gasteiger partial charge in [0.05, 0.1) is 19.3 Å². The number of anilines is 1. The van der Waals surface area contributed by atoms with Crippen molar-refractivity contribution in [1.82, 2.24) is 9.55 Å². The van der Waals surface area contributed by atoms with Crippen molar-refractivity contribution in [3.8, 4) is 0 Å². The lowest BCUT2D eigenvalue weighted by molar-refractivity contribution is -0.000489. The predicted octanol–water partition coefficient (Wildman–Crippen LogP) is 0.817. The van der Waals surface area contributed by atoms with Crippen LogP contribution in [0.15, 0.2) is 40.1 Å². The highest BCUT2D eigenvalue weighted by Crippen LogP contribution is 2.22. The largest absolute Gasteiger partial charge is 0.380 e. The first-order chi connectivity index (χ1) is 9.65. The molecule has 1 aromatic heterocycles. The molecule has 0 spiro atoms. The highest BCUT2D eigenvalue weighted by molar-refractivity contribution is 5.51. The van der Waals surface area contributed by atoms with E-state index in [0.717, 1.165) is 22.0 Å². The lowest BCUT2D eigenvalue weighted by atomic mass is 10.2. The molecule has 2 N–H and O–H groups in total. The number of benzene rings is 1. The fourth-order valence-corrected chi connectivity index (χ4v) is 2.11. The minimum atomic E-state index is -1.03. The van der Waals surface area contributed by atoms with Gasteiger partial charge in [-0.3, -0.25) is 14.3 Å². The third kappa shape index (κ3) is 2.23. The van der Waals surface area contributed by atoms with Crippen molar-refractivity contribution in [3.05, 3.63) is 62.7 Å². The zero-order chi connectivity index (χ0) is 14.1. The van der Waals surface area contributed by atoms with Gasteiger partial charge in [-0.1, -0.05) is 18.2 Å². The molecule has 1 aromatic carbocycles. The summed E-state index contributed by atoms with van der Waals surface area (Å²) in [5.74, 6) is -1.02. The SMILES string of the molecule is O=c1[nH]c(=O)n(C2CNc3ccccc3CO2)cc1F. The van der Waals surface area contributed by atoms with Gasteiger partial charge in [0.15, 0.2) is 6.23 Å². The molecule has 0 radical (unpaired) electrons. The summed E-state index contributed by atoms with van der Waals surface area (Å²) in [5, 5.41) is 3.14. The molecule has 7 heteroatoms. The number of fused-ring (bicyclic) bond motifs is 1. The Hall–Kier alpha value is -2.41. The average Bonchev–Trinajstić information content (AvgIpc) is 2.65. The Morgan fingerprint density at radius 3 is 2.95 bits per heavy atom. The Kier molecular flexibility index (Phi) is 3.11. The molecule has 3 rings (SSSR count). The summed E-state index contributed by atoms with van der Waals surface area (Å²) in [4.78, 5) is 24.6. The van der Waals surface area contributed by atoms with Crippen LogP contribution in [0.3, 0.4) is 0 Å². The van der Waals surface area contributed by atoms with Crippen molar-refractivity contribution < 1.29 is 9.13 Å². The van der Waals surface area contributed by atoms with Crippen LogP contribution in [0, 0.1) is 5.82 Å². The molecule has 0 amide bonds. The maximum atomic E-state index is 13.3. The second-order valence-corrected chi connectivity index (χ2v) is 4.45. The second-order valence-electron chi connectivity index (χ2n) is 4.45. The minimum absolute atomic E-state index is 0.293. The lowest BCUT2D eigenvalue weighted by Gasteiger charge is -2.17. The topological polar surface area (TPSA) is 76.1 Å². The van der Waals surface area contributed by atoms with Gasteiger partial charge in [-0.2, -0.15) is 4.39 Å². The molecule has 0 fully saturated rings. The molecular formula is C13H12FN3O3. The van der Waals surface area contributed by atoms with Gasteiger partial charge in [0.25, 0.3) is 5.56 Å². The molecular weight excluding hydrogens is 265 g/mol. The third-order valence-corrected chi connectivity index (χ3v) is 3.15. The van der Waals surface area contributed by atoms with Crippen LogP contribution in [0.4, 0.5) is 10.1 Å². The Morgan fingerprint density at radius 1 is 1.30 bits per heavy atom. The number of H-pyrrole nitrogens is 1. The van der Waals surface area contributed by atoms with Gasteiger partial charge in [0.2, 0.25) is 5.82 Å². The Balaban J connectivity index is 1.93. The highest BCUT2D eigenvalue weighted by Gasteiger charge is 2.19. The standard InChI is InChI=1S/C13H12FN3O3/c14-9-6-17(13(19)16-12(9)18)11-5-15-10-4-2-1-3-8(10)7-20-11/h1-4,6,11,15H,5,7H2,(H,16,18,19). The number of rotatable bonds is 1. The van der Waals surface area contributed by atoms with Gasteiger partial charge >= 0.3 is 5.69 Å². The van der Waals surface area contributed by atoms with Crippen LogP contribution < -0.4 is 16.6 Å². The van der Waals surface area contributed by atoms with E-state index in [2.05, 4.69) is 5.32 Å². The van der Waals surface area contributed by atoms with Crippen LogP contribution >= 0.6 is 0 Å². The molecule has 20 heavy (non-hydrogen) atoms. The smallest absolute Gasteiger partial charge is 0.330 e. The van der Waals surface area contributed by atoms with Gasteiger partial charge in [-0.15, -0.1) is 0 Å². The van der Waals surface area contributed by atoms with Crippen molar-refractivity contribution in [2.45, 2.75) is 12.8 Å². The zero-order valence-electron chi connectivity index (χ0n) is 10.4. The Labute approximate surface area is 112 Å². The van der Waals surface area contributed by atoms with Crippen LogP contribution in [0.25, 0.3) is 0 Å². The van der Waals surface area contributed by atoms with Crippen LogP contribution in [0.2, 0.25) is 0 Å². The van der Waals surface area contributed by atoms with Gasteiger partial charge in [0, 0.05) is 11.3 Å². The molecule has 0 aliphatic carbocycles. The number of hydrogen-bond acceptors (Lipinski definition) is 4. The monoisotopic (exact) mass is 277 g/mol. The molecule has 104 valence electrons. The molecule has 2 aromatic rings. The summed E-state index contributed by atoms with van der Waals surface area (Å²) in [7, 11) is 0. The second kappa shape index (κ2) is 4.93. The van der Waals surface area contributed by atoms with Crippen LogP contribution in [0.5, 0.6) is 0 Å². The third-order valence-electron chi connectivity index (χ3n) is 3.15. The quantitative estimate of drug-likeness (QED) is 0.809. The number of hydrogen-bond donors (Lipinski definition) is 2. The first-order valence-corrected chi connectivity index (χ1v) is 6.09. The number of halogens is 1. The number of aromatic nitrogens is 2. The van der Waals surface area contributed by atoms with E-state index in [1.807, 2.05) is 29.2 Å². The summed E-state index contributed by atoms with van der Waals surface area (Å²) in [6, 6.07) is 7.58. The first-order valence-electron chi connectivity index (χ1n) is 6.09. The molecule has 1 aliphatic heterocycles. The normalized spacial score (nSPS) is 17.9. The van der Waals surface area contributed by atoms with Gasteiger partial charge in [0.1, 0.15) is 0 Å². The van der Waals surface area contributed by atoms with Crippen LogP contribution in [-0.4, -0.2) is 16.1 Å². The summed E-state index contributed by atoms with van der Waals surface area (Å²) in [5.41, 5.74) is 0.131. The number of nitrogens with one attached hydrogen (secondary N) is 2.